The summed E-state index contributed by atoms with van der Waals surface area (Å²) < 4.78 is 0. The topological polar surface area (TPSA) is 59.2 Å². The number of hydrogen-bond donors (Lipinski definition) is 1. The fourth-order valence-corrected chi connectivity index (χ4v) is 2.41. The molecule has 1 aromatic rings. The van der Waals surface area contributed by atoms with Gasteiger partial charge in [0, 0.05) is 30.9 Å². The standard InChI is InChI=1S/C16H27N3O/c1-5-15(6-2)19(11-12(3)4)16(20)13-7-8-18-14(9-13)10-17/h7-9,12,15H,5-6,10-11,17H2,1-4H3. The van der Waals surface area contributed by atoms with E-state index >= 15 is 0 Å². The summed E-state index contributed by atoms with van der Waals surface area (Å²) in [4.78, 5) is 18.9. The maximum atomic E-state index is 12.8. The van der Waals surface area contributed by atoms with Gasteiger partial charge in [-0.05, 0) is 30.9 Å². The van der Waals surface area contributed by atoms with E-state index in [1.807, 2.05) is 4.90 Å². The Morgan fingerprint density at radius 3 is 2.50 bits per heavy atom. The predicted octanol–water partition coefficient (Wildman–Crippen LogP) is 2.83. The summed E-state index contributed by atoms with van der Waals surface area (Å²) >= 11 is 0. The van der Waals surface area contributed by atoms with Gasteiger partial charge in [0.05, 0.1) is 5.69 Å². The van der Waals surface area contributed by atoms with Crippen LogP contribution in [0.2, 0.25) is 0 Å². The molecular formula is C16H27N3O. The number of rotatable bonds is 7. The zero-order chi connectivity index (χ0) is 15.1. The van der Waals surface area contributed by atoms with E-state index in [9.17, 15) is 4.79 Å². The smallest absolute Gasteiger partial charge is 0.254 e. The van der Waals surface area contributed by atoms with Crippen molar-refractivity contribution >= 4 is 5.91 Å². The lowest BCUT2D eigenvalue weighted by Gasteiger charge is -2.32. The molecule has 112 valence electrons. The van der Waals surface area contributed by atoms with Crippen molar-refractivity contribution in [3.63, 3.8) is 0 Å². The van der Waals surface area contributed by atoms with Crippen molar-refractivity contribution in [3.8, 4) is 0 Å². The van der Waals surface area contributed by atoms with Crippen molar-refractivity contribution in [1.82, 2.24) is 9.88 Å². The number of nitrogens with zero attached hydrogens (tertiary/aromatic N) is 2. The third-order valence-electron chi connectivity index (χ3n) is 3.48. The Morgan fingerprint density at radius 2 is 2.00 bits per heavy atom. The Kier molecular flexibility index (Phi) is 6.65. The van der Waals surface area contributed by atoms with Crippen LogP contribution in [0.25, 0.3) is 0 Å². The van der Waals surface area contributed by atoms with Crippen LogP contribution < -0.4 is 5.73 Å². The first-order valence-electron chi connectivity index (χ1n) is 7.49. The van der Waals surface area contributed by atoms with Crippen molar-refractivity contribution in [1.29, 1.82) is 0 Å². The number of pyridine rings is 1. The number of carbonyl (C=O) groups excluding carboxylic acids is 1. The van der Waals surface area contributed by atoms with Gasteiger partial charge in [-0.2, -0.15) is 0 Å². The molecule has 0 bridgehead atoms. The molecule has 1 amide bonds. The molecule has 1 heterocycles. The van der Waals surface area contributed by atoms with E-state index in [1.54, 1.807) is 18.3 Å². The van der Waals surface area contributed by atoms with Gasteiger partial charge in [-0.3, -0.25) is 9.78 Å². The highest BCUT2D eigenvalue weighted by atomic mass is 16.2. The fourth-order valence-electron chi connectivity index (χ4n) is 2.41. The zero-order valence-electron chi connectivity index (χ0n) is 13.1. The third kappa shape index (κ3) is 4.30. The summed E-state index contributed by atoms with van der Waals surface area (Å²) in [6, 6.07) is 3.87. The largest absolute Gasteiger partial charge is 0.335 e. The number of hydrogen-bond acceptors (Lipinski definition) is 3. The van der Waals surface area contributed by atoms with Gasteiger partial charge in [0.2, 0.25) is 0 Å². The maximum Gasteiger partial charge on any atom is 0.254 e. The number of carbonyl (C=O) groups is 1. The van der Waals surface area contributed by atoms with Gasteiger partial charge >= 0.3 is 0 Å². The van der Waals surface area contributed by atoms with Crippen LogP contribution in [0.3, 0.4) is 0 Å². The van der Waals surface area contributed by atoms with Crippen molar-refractivity contribution in [2.75, 3.05) is 6.54 Å². The van der Waals surface area contributed by atoms with Crippen LogP contribution in [0, 0.1) is 5.92 Å². The molecular weight excluding hydrogens is 250 g/mol. The highest BCUT2D eigenvalue weighted by Crippen LogP contribution is 2.16. The summed E-state index contributed by atoms with van der Waals surface area (Å²) in [5.41, 5.74) is 7.04. The first-order valence-corrected chi connectivity index (χ1v) is 7.49. The van der Waals surface area contributed by atoms with Gasteiger partial charge in [-0.15, -0.1) is 0 Å². The first-order chi connectivity index (χ1) is 9.53. The summed E-state index contributed by atoms with van der Waals surface area (Å²) in [5, 5.41) is 0. The second-order valence-corrected chi connectivity index (χ2v) is 5.56. The molecule has 0 fully saturated rings. The van der Waals surface area contributed by atoms with E-state index in [2.05, 4.69) is 32.7 Å². The lowest BCUT2D eigenvalue weighted by Crippen LogP contribution is -2.42. The molecule has 0 spiro atoms. The molecule has 0 aliphatic heterocycles. The zero-order valence-corrected chi connectivity index (χ0v) is 13.1. The van der Waals surface area contributed by atoms with Crippen LogP contribution in [0.1, 0.15) is 56.6 Å². The molecule has 0 unspecified atom stereocenters. The minimum atomic E-state index is 0.0875. The van der Waals surface area contributed by atoms with E-state index in [0.29, 0.717) is 24.1 Å². The van der Waals surface area contributed by atoms with Gasteiger partial charge in [-0.25, -0.2) is 0 Å². The van der Waals surface area contributed by atoms with E-state index in [-0.39, 0.29) is 5.91 Å². The van der Waals surface area contributed by atoms with Crippen LogP contribution >= 0.6 is 0 Å². The number of nitrogens with two attached hydrogens (primary N) is 1. The molecule has 2 N–H and O–H groups in total. The van der Waals surface area contributed by atoms with Crippen LogP contribution in [0.15, 0.2) is 18.3 Å². The van der Waals surface area contributed by atoms with Gasteiger partial charge in [0.15, 0.2) is 0 Å². The highest BCUT2D eigenvalue weighted by Gasteiger charge is 2.23. The monoisotopic (exact) mass is 277 g/mol. The Labute approximate surface area is 122 Å². The van der Waals surface area contributed by atoms with E-state index in [0.717, 1.165) is 25.1 Å². The van der Waals surface area contributed by atoms with Gasteiger partial charge in [0.1, 0.15) is 0 Å². The summed E-state index contributed by atoms with van der Waals surface area (Å²) in [7, 11) is 0. The minimum absolute atomic E-state index is 0.0875. The lowest BCUT2D eigenvalue weighted by molar-refractivity contribution is 0.0640. The second kappa shape index (κ2) is 8.00. The summed E-state index contributed by atoms with van der Waals surface area (Å²) in [6.45, 7) is 9.68. The normalized spacial score (nSPS) is 11.2. The lowest BCUT2D eigenvalue weighted by atomic mass is 10.1. The first kappa shape index (κ1) is 16.6. The SMILES string of the molecule is CCC(CC)N(CC(C)C)C(=O)c1ccnc(CN)c1. The van der Waals surface area contributed by atoms with Crippen LogP contribution in [-0.4, -0.2) is 28.4 Å². The molecule has 0 aliphatic rings. The number of aromatic nitrogens is 1. The molecule has 20 heavy (non-hydrogen) atoms. The molecule has 0 saturated heterocycles. The van der Waals surface area contributed by atoms with Crippen molar-refractivity contribution < 1.29 is 4.79 Å². The fraction of sp³-hybridized carbons (Fsp3) is 0.625. The quantitative estimate of drug-likeness (QED) is 0.833. The average molecular weight is 277 g/mol. The van der Waals surface area contributed by atoms with Gasteiger partial charge < -0.3 is 10.6 Å². The Balaban J connectivity index is 3.02. The van der Waals surface area contributed by atoms with E-state index < -0.39 is 0 Å². The predicted molar refractivity (Wildman–Crippen MR) is 82.4 cm³/mol. The van der Waals surface area contributed by atoms with E-state index in [4.69, 9.17) is 5.73 Å². The van der Waals surface area contributed by atoms with Gasteiger partial charge in [-0.1, -0.05) is 27.7 Å². The summed E-state index contributed by atoms with van der Waals surface area (Å²) in [5.74, 6) is 0.542. The minimum Gasteiger partial charge on any atom is -0.335 e. The van der Waals surface area contributed by atoms with Crippen molar-refractivity contribution in [3.05, 3.63) is 29.6 Å². The van der Waals surface area contributed by atoms with Gasteiger partial charge in [0.25, 0.3) is 5.91 Å². The van der Waals surface area contributed by atoms with Crippen LogP contribution in [-0.2, 0) is 6.54 Å². The molecule has 0 aromatic carbocycles. The Morgan fingerprint density at radius 1 is 1.35 bits per heavy atom. The molecule has 0 atom stereocenters. The van der Waals surface area contributed by atoms with E-state index in [1.165, 1.54) is 0 Å². The molecule has 0 saturated carbocycles. The third-order valence-corrected chi connectivity index (χ3v) is 3.48. The van der Waals surface area contributed by atoms with Crippen LogP contribution in [0.5, 0.6) is 0 Å². The number of amides is 1. The highest BCUT2D eigenvalue weighted by molar-refractivity contribution is 5.94. The molecule has 1 rings (SSSR count). The Hall–Kier alpha value is -1.42. The average Bonchev–Trinajstić information content (AvgIpc) is 2.46. The maximum absolute atomic E-state index is 12.8. The Bertz CT molecular complexity index is 427. The van der Waals surface area contributed by atoms with Crippen LogP contribution in [0.4, 0.5) is 0 Å². The molecule has 4 heteroatoms. The van der Waals surface area contributed by atoms with Crippen molar-refractivity contribution in [2.24, 2.45) is 11.7 Å². The molecule has 0 radical (unpaired) electrons. The molecule has 1 aromatic heterocycles. The summed E-state index contributed by atoms with van der Waals surface area (Å²) in [6.07, 6.45) is 3.61. The second-order valence-electron chi connectivity index (χ2n) is 5.56. The molecule has 4 nitrogen and oxygen atoms in total. The van der Waals surface area contributed by atoms with Crippen molar-refractivity contribution in [2.45, 2.75) is 53.1 Å². The molecule has 0 aliphatic carbocycles.